The molecule has 1 fully saturated rings. The molecule has 4 nitrogen and oxygen atoms in total. The number of fused-ring (bicyclic) bond motifs is 1. The van der Waals surface area contributed by atoms with Crippen molar-refractivity contribution < 1.29 is 14.6 Å². The van der Waals surface area contributed by atoms with E-state index < -0.39 is 0 Å². The van der Waals surface area contributed by atoms with E-state index in [0.29, 0.717) is 17.5 Å². The molecule has 0 saturated carbocycles. The smallest absolute Gasteiger partial charge is 0.231 e. The number of aromatic hydroxyl groups is 1. The lowest BCUT2D eigenvalue weighted by Gasteiger charge is -2.11. The summed E-state index contributed by atoms with van der Waals surface area (Å²) in [6, 6.07) is 4.26. The molecule has 0 amide bonds. The average molecular weight is 221 g/mol. The Morgan fingerprint density at radius 2 is 2.31 bits per heavy atom. The highest BCUT2D eigenvalue weighted by Crippen LogP contribution is 2.41. The number of ether oxygens (including phenoxy) is 2. The fourth-order valence-electron chi connectivity index (χ4n) is 2.38. The van der Waals surface area contributed by atoms with Gasteiger partial charge in [-0.15, -0.1) is 0 Å². The van der Waals surface area contributed by atoms with Crippen molar-refractivity contribution in [2.75, 3.05) is 13.3 Å². The Morgan fingerprint density at radius 1 is 1.38 bits per heavy atom. The van der Waals surface area contributed by atoms with Crippen molar-refractivity contribution in [3.8, 4) is 17.2 Å². The largest absolute Gasteiger partial charge is 0.504 e. The molecular formula is C12H15NO3. The molecule has 1 atom stereocenters. The molecular weight excluding hydrogens is 206 g/mol. The van der Waals surface area contributed by atoms with Gasteiger partial charge in [-0.25, -0.2) is 0 Å². The quantitative estimate of drug-likeness (QED) is 0.793. The lowest BCUT2D eigenvalue weighted by Crippen LogP contribution is -2.23. The summed E-state index contributed by atoms with van der Waals surface area (Å²) in [6.45, 7) is 1.30. The predicted octanol–water partition coefficient (Wildman–Crippen LogP) is 1.42. The number of hydrogen-bond acceptors (Lipinski definition) is 4. The Kier molecular flexibility index (Phi) is 2.36. The van der Waals surface area contributed by atoms with Crippen LogP contribution in [0.25, 0.3) is 0 Å². The van der Waals surface area contributed by atoms with E-state index in [1.807, 2.05) is 6.07 Å². The van der Waals surface area contributed by atoms with Crippen LogP contribution in [-0.2, 0) is 6.42 Å². The molecule has 4 heteroatoms. The molecule has 2 aliphatic rings. The van der Waals surface area contributed by atoms with Gasteiger partial charge in [0.25, 0.3) is 0 Å². The minimum Gasteiger partial charge on any atom is -0.504 e. The summed E-state index contributed by atoms with van der Waals surface area (Å²) >= 11 is 0. The highest BCUT2D eigenvalue weighted by atomic mass is 16.7. The van der Waals surface area contributed by atoms with Crippen molar-refractivity contribution in [2.24, 2.45) is 0 Å². The number of phenolic OH excluding ortho intramolecular Hbond substituents is 1. The first-order chi connectivity index (χ1) is 7.83. The number of benzene rings is 1. The Morgan fingerprint density at radius 3 is 3.12 bits per heavy atom. The van der Waals surface area contributed by atoms with E-state index in [1.165, 1.54) is 12.8 Å². The minimum atomic E-state index is 0.183. The molecule has 0 radical (unpaired) electrons. The zero-order chi connectivity index (χ0) is 11.0. The Bertz CT molecular complexity index is 399. The maximum absolute atomic E-state index is 9.76. The van der Waals surface area contributed by atoms with Gasteiger partial charge < -0.3 is 19.9 Å². The molecule has 1 saturated heterocycles. The number of phenols is 1. The molecule has 1 unspecified atom stereocenters. The molecule has 3 rings (SSSR count). The summed E-state index contributed by atoms with van der Waals surface area (Å²) in [5.74, 6) is 1.32. The molecule has 0 bridgehead atoms. The zero-order valence-corrected chi connectivity index (χ0v) is 9.03. The van der Waals surface area contributed by atoms with Gasteiger partial charge in [0, 0.05) is 6.04 Å². The third kappa shape index (κ3) is 1.69. The van der Waals surface area contributed by atoms with Gasteiger partial charge in [-0.1, -0.05) is 0 Å². The molecule has 0 aromatic heterocycles. The summed E-state index contributed by atoms with van der Waals surface area (Å²) in [6.07, 6.45) is 3.38. The van der Waals surface area contributed by atoms with Gasteiger partial charge in [0.2, 0.25) is 12.5 Å². The summed E-state index contributed by atoms with van der Waals surface area (Å²) in [7, 11) is 0. The first-order valence-electron chi connectivity index (χ1n) is 5.68. The van der Waals surface area contributed by atoms with Crippen molar-refractivity contribution in [2.45, 2.75) is 25.3 Å². The van der Waals surface area contributed by atoms with Gasteiger partial charge >= 0.3 is 0 Å². The van der Waals surface area contributed by atoms with Gasteiger partial charge in [-0.05, 0) is 43.5 Å². The molecule has 1 aromatic rings. The number of nitrogens with one attached hydrogen (secondary N) is 1. The van der Waals surface area contributed by atoms with Crippen LogP contribution in [0.4, 0.5) is 0 Å². The van der Waals surface area contributed by atoms with E-state index in [2.05, 4.69) is 5.32 Å². The standard InChI is InChI=1S/C12H15NO3/c14-10-5-8(4-9-2-1-3-13-9)6-11-12(10)16-7-15-11/h5-6,9,13-14H,1-4,7H2. The van der Waals surface area contributed by atoms with Gasteiger partial charge in [0.15, 0.2) is 11.5 Å². The topological polar surface area (TPSA) is 50.7 Å². The SMILES string of the molecule is Oc1cc(CC2CCCN2)cc2c1OCO2. The first kappa shape index (κ1) is 9.78. The molecule has 2 aliphatic heterocycles. The fourth-order valence-corrected chi connectivity index (χ4v) is 2.38. The third-order valence-corrected chi connectivity index (χ3v) is 3.16. The highest BCUT2D eigenvalue weighted by molar-refractivity contribution is 5.54. The average Bonchev–Trinajstić information content (AvgIpc) is 2.87. The van der Waals surface area contributed by atoms with Gasteiger partial charge in [0.05, 0.1) is 0 Å². The van der Waals surface area contributed by atoms with Gasteiger partial charge in [-0.2, -0.15) is 0 Å². The molecule has 16 heavy (non-hydrogen) atoms. The molecule has 0 aliphatic carbocycles. The van der Waals surface area contributed by atoms with Gasteiger partial charge in [-0.3, -0.25) is 0 Å². The van der Waals surface area contributed by atoms with Crippen LogP contribution in [0.1, 0.15) is 18.4 Å². The predicted molar refractivity (Wildman–Crippen MR) is 59.0 cm³/mol. The van der Waals surface area contributed by atoms with E-state index in [1.54, 1.807) is 6.07 Å². The van der Waals surface area contributed by atoms with Crippen LogP contribution in [0.2, 0.25) is 0 Å². The van der Waals surface area contributed by atoms with Crippen LogP contribution >= 0.6 is 0 Å². The van der Waals surface area contributed by atoms with Gasteiger partial charge in [0.1, 0.15) is 0 Å². The first-order valence-corrected chi connectivity index (χ1v) is 5.68. The summed E-state index contributed by atoms with van der Waals surface area (Å²) in [5, 5.41) is 13.2. The second-order valence-corrected chi connectivity index (χ2v) is 4.35. The van der Waals surface area contributed by atoms with E-state index in [0.717, 1.165) is 18.5 Å². The van der Waals surface area contributed by atoms with E-state index in [-0.39, 0.29) is 12.5 Å². The summed E-state index contributed by atoms with van der Waals surface area (Å²) in [5.41, 5.74) is 1.10. The second kappa shape index (κ2) is 3.87. The maximum Gasteiger partial charge on any atom is 0.231 e. The van der Waals surface area contributed by atoms with Crippen LogP contribution in [0.5, 0.6) is 17.2 Å². The van der Waals surface area contributed by atoms with Crippen LogP contribution < -0.4 is 14.8 Å². The summed E-state index contributed by atoms with van der Waals surface area (Å²) < 4.78 is 10.4. The second-order valence-electron chi connectivity index (χ2n) is 4.35. The monoisotopic (exact) mass is 221 g/mol. The summed E-state index contributed by atoms with van der Waals surface area (Å²) in [4.78, 5) is 0. The van der Waals surface area contributed by atoms with Crippen molar-refractivity contribution >= 4 is 0 Å². The van der Waals surface area contributed by atoms with Crippen molar-refractivity contribution in [3.05, 3.63) is 17.7 Å². The molecule has 0 spiro atoms. The van der Waals surface area contributed by atoms with Crippen molar-refractivity contribution in [1.82, 2.24) is 5.32 Å². The van der Waals surface area contributed by atoms with E-state index >= 15 is 0 Å². The molecule has 1 aromatic carbocycles. The zero-order valence-electron chi connectivity index (χ0n) is 9.03. The van der Waals surface area contributed by atoms with Crippen LogP contribution in [0.15, 0.2) is 12.1 Å². The van der Waals surface area contributed by atoms with Crippen LogP contribution in [0, 0.1) is 0 Å². The lowest BCUT2D eigenvalue weighted by atomic mass is 10.0. The number of rotatable bonds is 2. The molecule has 2 N–H and O–H groups in total. The van der Waals surface area contributed by atoms with Crippen LogP contribution in [0.3, 0.4) is 0 Å². The molecule has 2 heterocycles. The van der Waals surface area contributed by atoms with E-state index in [9.17, 15) is 5.11 Å². The van der Waals surface area contributed by atoms with Crippen LogP contribution in [-0.4, -0.2) is 24.5 Å². The normalized spacial score (nSPS) is 22.6. The fraction of sp³-hybridized carbons (Fsp3) is 0.500. The van der Waals surface area contributed by atoms with Crippen molar-refractivity contribution in [1.29, 1.82) is 0 Å². The van der Waals surface area contributed by atoms with Crippen molar-refractivity contribution in [3.63, 3.8) is 0 Å². The third-order valence-electron chi connectivity index (χ3n) is 3.16. The Balaban J connectivity index is 1.82. The Hall–Kier alpha value is -1.42. The lowest BCUT2D eigenvalue weighted by molar-refractivity contribution is 0.171. The highest BCUT2D eigenvalue weighted by Gasteiger charge is 2.21. The Labute approximate surface area is 94.2 Å². The minimum absolute atomic E-state index is 0.183. The van der Waals surface area contributed by atoms with E-state index in [4.69, 9.17) is 9.47 Å². The maximum atomic E-state index is 9.76. The number of hydrogen-bond donors (Lipinski definition) is 2. The molecule has 86 valence electrons.